The van der Waals surface area contributed by atoms with E-state index in [1.807, 2.05) is 0 Å². The SMILES string of the molecule is Cc1cc(C(=O)N2CC(O)CC2C(N)=O)cc(Cl)n1. The Balaban J connectivity index is 2.30. The highest BCUT2D eigenvalue weighted by molar-refractivity contribution is 6.29. The molecule has 2 heterocycles. The van der Waals surface area contributed by atoms with Gasteiger partial charge in [0.2, 0.25) is 5.91 Å². The maximum atomic E-state index is 12.3. The van der Waals surface area contributed by atoms with Crippen LogP contribution in [0, 0.1) is 6.92 Å². The van der Waals surface area contributed by atoms with Crippen LogP contribution >= 0.6 is 11.6 Å². The number of carbonyl (C=O) groups is 2. The third-order valence-corrected chi connectivity index (χ3v) is 3.23. The van der Waals surface area contributed by atoms with Crippen molar-refractivity contribution in [1.29, 1.82) is 0 Å². The predicted molar refractivity (Wildman–Crippen MR) is 68.6 cm³/mol. The van der Waals surface area contributed by atoms with Gasteiger partial charge in [-0.15, -0.1) is 0 Å². The first-order valence-electron chi connectivity index (χ1n) is 5.81. The van der Waals surface area contributed by atoms with E-state index < -0.39 is 18.1 Å². The molecule has 0 bridgehead atoms. The molecule has 2 amide bonds. The van der Waals surface area contributed by atoms with Gasteiger partial charge in [-0.3, -0.25) is 9.59 Å². The molecule has 3 N–H and O–H groups in total. The number of aliphatic hydroxyl groups excluding tert-OH is 1. The van der Waals surface area contributed by atoms with Crippen molar-refractivity contribution in [3.05, 3.63) is 28.5 Å². The second-order valence-electron chi connectivity index (χ2n) is 4.59. The normalized spacial score (nSPS) is 22.6. The van der Waals surface area contributed by atoms with Crippen LogP contribution in [0.15, 0.2) is 12.1 Å². The van der Waals surface area contributed by atoms with E-state index in [2.05, 4.69) is 4.98 Å². The van der Waals surface area contributed by atoms with E-state index >= 15 is 0 Å². The summed E-state index contributed by atoms with van der Waals surface area (Å²) in [6.45, 7) is 1.80. The molecule has 1 aromatic rings. The number of primary amides is 1. The van der Waals surface area contributed by atoms with Crippen molar-refractivity contribution < 1.29 is 14.7 Å². The Morgan fingerprint density at radius 2 is 2.21 bits per heavy atom. The topological polar surface area (TPSA) is 96.5 Å². The molecular formula is C12H14ClN3O3. The Labute approximate surface area is 115 Å². The third kappa shape index (κ3) is 2.85. The summed E-state index contributed by atoms with van der Waals surface area (Å²) in [5.41, 5.74) is 6.18. The number of nitrogens with two attached hydrogens (primary N) is 1. The van der Waals surface area contributed by atoms with Gasteiger partial charge < -0.3 is 15.7 Å². The fourth-order valence-electron chi connectivity index (χ4n) is 2.23. The van der Waals surface area contributed by atoms with Crippen LogP contribution in [0.3, 0.4) is 0 Å². The summed E-state index contributed by atoms with van der Waals surface area (Å²) >= 11 is 5.81. The lowest BCUT2D eigenvalue weighted by molar-refractivity contribution is -0.121. The molecule has 2 unspecified atom stereocenters. The Kier molecular flexibility index (Phi) is 3.73. The van der Waals surface area contributed by atoms with Gasteiger partial charge >= 0.3 is 0 Å². The van der Waals surface area contributed by atoms with Gasteiger partial charge in [-0.2, -0.15) is 0 Å². The number of rotatable bonds is 2. The van der Waals surface area contributed by atoms with Crippen LogP contribution in [0.2, 0.25) is 5.15 Å². The Hall–Kier alpha value is -1.66. The second-order valence-corrected chi connectivity index (χ2v) is 4.97. The number of likely N-dealkylation sites (tertiary alicyclic amines) is 1. The minimum absolute atomic E-state index is 0.0887. The van der Waals surface area contributed by atoms with Crippen molar-refractivity contribution in [1.82, 2.24) is 9.88 Å². The molecule has 2 rings (SSSR count). The zero-order valence-electron chi connectivity index (χ0n) is 10.3. The van der Waals surface area contributed by atoms with Gasteiger partial charge in [0.25, 0.3) is 5.91 Å². The zero-order chi connectivity index (χ0) is 14.2. The highest BCUT2D eigenvalue weighted by Crippen LogP contribution is 2.21. The summed E-state index contributed by atoms with van der Waals surface area (Å²) in [4.78, 5) is 28.9. The van der Waals surface area contributed by atoms with Gasteiger partial charge in [-0.25, -0.2) is 4.98 Å². The lowest BCUT2D eigenvalue weighted by atomic mass is 10.1. The number of hydrogen-bond acceptors (Lipinski definition) is 4. The molecule has 0 spiro atoms. The number of pyridine rings is 1. The molecule has 0 radical (unpaired) electrons. The van der Waals surface area contributed by atoms with Crippen LogP contribution in [-0.4, -0.2) is 45.5 Å². The number of halogens is 1. The molecule has 1 aliphatic heterocycles. The highest BCUT2D eigenvalue weighted by Gasteiger charge is 2.38. The molecule has 102 valence electrons. The van der Waals surface area contributed by atoms with E-state index in [1.165, 1.54) is 11.0 Å². The van der Waals surface area contributed by atoms with Crippen molar-refractivity contribution in [3.8, 4) is 0 Å². The van der Waals surface area contributed by atoms with Crippen molar-refractivity contribution in [2.24, 2.45) is 5.73 Å². The predicted octanol–water partition coefficient (Wildman–Crippen LogP) is 0.104. The van der Waals surface area contributed by atoms with Crippen LogP contribution in [0.1, 0.15) is 22.5 Å². The van der Waals surface area contributed by atoms with E-state index in [1.54, 1.807) is 13.0 Å². The molecule has 0 saturated carbocycles. The standard InChI is InChI=1S/C12H14ClN3O3/c1-6-2-7(3-10(13)15-6)12(19)16-5-8(17)4-9(16)11(14)18/h2-3,8-9,17H,4-5H2,1H3,(H2,14,18). The highest BCUT2D eigenvalue weighted by atomic mass is 35.5. The van der Waals surface area contributed by atoms with Crippen LogP contribution < -0.4 is 5.73 Å². The van der Waals surface area contributed by atoms with E-state index in [0.717, 1.165) is 0 Å². The van der Waals surface area contributed by atoms with Crippen molar-refractivity contribution in [3.63, 3.8) is 0 Å². The molecule has 0 aliphatic carbocycles. The molecule has 1 saturated heterocycles. The number of carbonyl (C=O) groups excluding carboxylic acids is 2. The second kappa shape index (κ2) is 5.14. The first-order chi connectivity index (χ1) is 8.88. The quantitative estimate of drug-likeness (QED) is 0.753. The zero-order valence-corrected chi connectivity index (χ0v) is 11.1. The summed E-state index contributed by atoms with van der Waals surface area (Å²) in [6.07, 6.45) is -0.571. The van der Waals surface area contributed by atoms with Gasteiger partial charge in [0.1, 0.15) is 11.2 Å². The molecule has 2 atom stereocenters. The minimum Gasteiger partial charge on any atom is -0.391 e. The van der Waals surface area contributed by atoms with Gasteiger partial charge in [0.15, 0.2) is 0 Å². The average Bonchev–Trinajstić information content (AvgIpc) is 2.69. The van der Waals surface area contributed by atoms with Crippen molar-refractivity contribution in [2.45, 2.75) is 25.5 Å². The van der Waals surface area contributed by atoms with Crippen LogP contribution in [0.5, 0.6) is 0 Å². The third-order valence-electron chi connectivity index (χ3n) is 3.04. The molecular weight excluding hydrogens is 270 g/mol. The lowest BCUT2D eigenvalue weighted by Crippen LogP contribution is -2.43. The summed E-state index contributed by atoms with van der Waals surface area (Å²) in [6, 6.07) is 2.23. The molecule has 1 aliphatic rings. The van der Waals surface area contributed by atoms with Gasteiger partial charge in [-0.1, -0.05) is 11.6 Å². The summed E-state index contributed by atoms with van der Waals surface area (Å²) in [7, 11) is 0. The molecule has 7 heteroatoms. The number of aryl methyl sites for hydroxylation is 1. The maximum Gasteiger partial charge on any atom is 0.254 e. The van der Waals surface area contributed by atoms with E-state index in [4.69, 9.17) is 17.3 Å². The largest absolute Gasteiger partial charge is 0.391 e. The Bertz CT molecular complexity index is 515. The summed E-state index contributed by atoms with van der Waals surface area (Å²) in [5.74, 6) is -1.01. The van der Waals surface area contributed by atoms with Crippen LogP contribution in [-0.2, 0) is 4.79 Å². The minimum atomic E-state index is -0.783. The average molecular weight is 284 g/mol. The maximum absolute atomic E-state index is 12.3. The van der Waals surface area contributed by atoms with Crippen molar-refractivity contribution >= 4 is 23.4 Å². The first-order valence-corrected chi connectivity index (χ1v) is 6.19. The van der Waals surface area contributed by atoms with Gasteiger partial charge in [0, 0.05) is 24.2 Å². The number of aromatic nitrogens is 1. The number of amides is 2. The molecule has 0 aromatic carbocycles. The molecule has 1 fully saturated rings. The fourth-order valence-corrected chi connectivity index (χ4v) is 2.48. The first kappa shape index (κ1) is 13.8. The van der Waals surface area contributed by atoms with Crippen LogP contribution in [0.4, 0.5) is 0 Å². The lowest BCUT2D eigenvalue weighted by Gasteiger charge is -2.22. The fraction of sp³-hybridized carbons (Fsp3) is 0.417. The Morgan fingerprint density at radius 3 is 2.79 bits per heavy atom. The monoisotopic (exact) mass is 283 g/mol. The van der Waals surface area contributed by atoms with E-state index in [0.29, 0.717) is 11.3 Å². The number of aliphatic hydroxyl groups is 1. The number of hydrogen-bond donors (Lipinski definition) is 2. The summed E-state index contributed by atoms with van der Waals surface area (Å²) in [5, 5.41) is 9.79. The summed E-state index contributed by atoms with van der Waals surface area (Å²) < 4.78 is 0. The van der Waals surface area contributed by atoms with E-state index in [-0.39, 0.29) is 24.0 Å². The molecule has 19 heavy (non-hydrogen) atoms. The van der Waals surface area contributed by atoms with Gasteiger partial charge in [-0.05, 0) is 19.1 Å². The molecule has 6 nitrogen and oxygen atoms in total. The number of nitrogens with zero attached hydrogens (tertiary/aromatic N) is 2. The molecule has 1 aromatic heterocycles. The number of β-amino-alcohol motifs (C(OH)–C–C–N with tert-alkyl or cyclic N) is 1. The Morgan fingerprint density at radius 1 is 1.53 bits per heavy atom. The van der Waals surface area contributed by atoms with E-state index in [9.17, 15) is 14.7 Å². The van der Waals surface area contributed by atoms with Crippen LogP contribution in [0.25, 0.3) is 0 Å². The smallest absolute Gasteiger partial charge is 0.254 e. The van der Waals surface area contributed by atoms with Crippen molar-refractivity contribution in [2.75, 3.05) is 6.54 Å². The van der Waals surface area contributed by atoms with Gasteiger partial charge in [0.05, 0.1) is 6.10 Å².